The summed E-state index contributed by atoms with van der Waals surface area (Å²) in [6.07, 6.45) is 2.11. The maximum Gasteiger partial charge on any atom is 0.247 e. The van der Waals surface area contributed by atoms with Crippen molar-refractivity contribution in [2.45, 2.75) is 18.4 Å². The molecule has 0 radical (unpaired) electrons. The predicted molar refractivity (Wildman–Crippen MR) is 59.0 cm³/mol. The molecule has 2 N–H and O–H groups in total. The Labute approximate surface area is 90.8 Å². The fourth-order valence-corrected chi connectivity index (χ4v) is 2.29. The van der Waals surface area contributed by atoms with E-state index in [9.17, 15) is 4.79 Å². The van der Waals surface area contributed by atoms with Crippen molar-refractivity contribution in [2.24, 2.45) is 5.84 Å². The van der Waals surface area contributed by atoms with E-state index in [1.165, 1.54) is 21.8 Å². The highest BCUT2D eigenvalue weighted by Gasteiger charge is 2.08. The number of aromatic nitrogens is 1. The van der Waals surface area contributed by atoms with Gasteiger partial charge in [0.05, 0.1) is 0 Å². The van der Waals surface area contributed by atoms with Gasteiger partial charge in [-0.05, 0) is 22.9 Å². The second-order valence-electron chi connectivity index (χ2n) is 2.40. The van der Waals surface area contributed by atoms with Crippen molar-refractivity contribution in [2.75, 3.05) is 0 Å². The van der Waals surface area contributed by atoms with E-state index in [-0.39, 0.29) is 5.91 Å². The highest BCUT2D eigenvalue weighted by atomic mass is 33.1. The first kappa shape index (κ1) is 11.4. The smallest absolute Gasteiger partial charge is 0.247 e. The van der Waals surface area contributed by atoms with Gasteiger partial charge in [-0.3, -0.25) is 4.79 Å². The molecule has 1 aromatic heterocycles. The minimum Gasteiger partial charge on any atom is -0.272 e. The number of hydrogen-bond acceptors (Lipinski definition) is 5. The minimum absolute atomic E-state index is 0.0987. The number of amides is 1. The van der Waals surface area contributed by atoms with E-state index in [1.54, 1.807) is 13.1 Å². The van der Waals surface area contributed by atoms with Crippen LogP contribution in [0.4, 0.5) is 0 Å². The Morgan fingerprint density at radius 2 is 2.43 bits per heavy atom. The van der Waals surface area contributed by atoms with Crippen molar-refractivity contribution < 1.29 is 4.79 Å². The summed E-state index contributed by atoms with van der Waals surface area (Å²) in [4.78, 5) is 15.2. The number of pyridine rings is 1. The number of hydrogen-bond donors (Lipinski definition) is 1. The van der Waals surface area contributed by atoms with Gasteiger partial charge in [0.2, 0.25) is 5.91 Å². The second kappa shape index (κ2) is 5.90. The van der Waals surface area contributed by atoms with Crippen molar-refractivity contribution in [3.8, 4) is 0 Å². The van der Waals surface area contributed by atoms with E-state index < -0.39 is 0 Å². The molecule has 4 nitrogen and oxygen atoms in total. The zero-order valence-corrected chi connectivity index (χ0v) is 9.35. The summed E-state index contributed by atoms with van der Waals surface area (Å²) in [6, 6.07) is 5.59. The molecule has 76 valence electrons. The van der Waals surface area contributed by atoms with Crippen LogP contribution in [0.25, 0.3) is 0 Å². The first-order chi connectivity index (χ1) is 6.74. The van der Waals surface area contributed by atoms with Crippen LogP contribution in [0.15, 0.2) is 29.4 Å². The molecule has 1 amide bonds. The molecule has 0 aliphatic carbocycles. The number of carbonyl (C=O) groups is 1. The molecule has 0 bridgehead atoms. The van der Waals surface area contributed by atoms with Gasteiger partial charge in [-0.25, -0.2) is 15.2 Å². The van der Waals surface area contributed by atoms with Gasteiger partial charge in [0.1, 0.15) is 5.03 Å². The molecule has 1 heterocycles. The quantitative estimate of drug-likeness (QED) is 0.281. The molecule has 6 heteroatoms. The molecule has 0 fully saturated rings. The third-order valence-corrected chi connectivity index (χ3v) is 3.46. The summed E-state index contributed by atoms with van der Waals surface area (Å²) in [5, 5.41) is 0.830. The summed E-state index contributed by atoms with van der Waals surface area (Å²) < 4.78 is 1.12. The molecular weight excluding hydrogens is 218 g/mol. The van der Waals surface area contributed by atoms with Crippen LogP contribution in [0, 0.1) is 0 Å². The Morgan fingerprint density at radius 3 is 3.00 bits per heavy atom. The standard InChI is InChI=1S/C8H11N3OS2/c1-2-8(12)11(9)14-13-7-5-3-4-6-10-7/h3-6H,2,9H2,1H3. The van der Waals surface area contributed by atoms with Crippen LogP contribution in [0.5, 0.6) is 0 Å². The van der Waals surface area contributed by atoms with Gasteiger partial charge >= 0.3 is 0 Å². The van der Waals surface area contributed by atoms with Crippen LogP contribution in [0.1, 0.15) is 13.3 Å². The van der Waals surface area contributed by atoms with Crippen molar-refractivity contribution in [1.29, 1.82) is 0 Å². The minimum atomic E-state index is -0.0987. The van der Waals surface area contributed by atoms with Crippen LogP contribution >= 0.6 is 21.8 Å². The molecule has 0 atom stereocenters. The third-order valence-electron chi connectivity index (χ3n) is 1.39. The number of nitrogens with zero attached hydrogens (tertiary/aromatic N) is 2. The molecule has 0 aliphatic heterocycles. The third kappa shape index (κ3) is 3.57. The maximum atomic E-state index is 11.1. The van der Waals surface area contributed by atoms with Gasteiger partial charge in [0, 0.05) is 23.6 Å². The molecule has 0 spiro atoms. The van der Waals surface area contributed by atoms with E-state index in [2.05, 4.69) is 4.98 Å². The first-order valence-corrected chi connectivity index (χ1v) is 6.18. The summed E-state index contributed by atoms with van der Waals surface area (Å²) in [6.45, 7) is 1.77. The molecule has 14 heavy (non-hydrogen) atoms. The van der Waals surface area contributed by atoms with E-state index in [0.29, 0.717) is 6.42 Å². The van der Waals surface area contributed by atoms with Crippen molar-refractivity contribution in [3.63, 3.8) is 0 Å². The number of nitrogens with two attached hydrogens (primary N) is 1. The summed E-state index contributed by atoms with van der Waals surface area (Å²) in [5.41, 5.74) is 0. The molecule has 1 aromatic rings. The van der Waals surface area contributed by atoms with Gasteiger partial charge in [-0.2, -0.15) is 0 Å². The van der Waals surface area contributed by atoms with Crippen LogP contribution in [0.3, 0.4) is 0 Å². The van der Waals surface area contributed by atoms with Crippen molar-refractivity contribution in [3.05, 3.63) is 24.4 Å². The lowest BCUT2D eigenvalue weighted by Gasteiger charge is -2.11. The lowest BCUT2D eigenvalue weighted by Crippen LogP contribution is -2.29. The lowest BCUT2D eigenvalue weighted by molar-refractivity contribution is -0.125. The maximum absolute atomic E-state index is 11.1. The normalized spacial score (nSPS) is 9.86. The Bertz CT molecular complexity index is 294. The average Bonchev–Trinajstić information content (AvgIpc) is 2.26. The van der Waals surface area contributed by atoms with Crippen LogP contribution < -0.4 is 5.84 Å². The van der Waals surface area contributed by atoms with Crippen molar-refractivity contribution >= 4 is 27.7 Å². The number of carbonyl (C=O) groups excluding carboxylic acids is 1. The molecular formula is C8H11N3OS2. The van der Waals surface area contributed by atoms with Gasteiger partial charge in [-0.15, -0.1) is 0 Å². The van der Waals surface area contributed by atoms with Crippen LogP contribution in [0.2, 0.25) is 0 Å². The summed E-state index contributed by atoms with van der Waals surface area (Å²) in [5.74, 6) is 5.38. The monoisotopic (exact) mass is 229 g/mol. The van der Waals surface area contributed by atoms with Gasteiger partial charge in [0.25, 0.3) is 0 Å². The Kier molecular flexibility index (Phi) is 4.78. The molecule has 1 rings (SSSR count). The van der Waals surface area contributed by atoms with Gasteiger partial charge < -0.3 is 0 Å². The van der Waals surface area contributed by atoms with E-state index in [0.717, 1.165) is 9.44 Å². The molecule has 0 aliphatic rings. The highest BCUT2D eigenvalue weighted by molar-refractivity contribution is 8.75. The lowest BCUT2D eigenvalue weighted by atomic mass is 10.5. The predicted octanol–water partition coefficient (Wildman–Crippen LogP) is 1.85. The van der Waals surface area contributed by atoms with E-state index >= 15 is 0 Å². The van der Waals surface area contributed by atoms with Crippen molar-refractivity contribution in [1.82, 2.24) is 9.40 Å². The van der Waals surface area contributed by atoms with Gasteiger partial charge in [0.15, 0.2) is 0 Å². The van der Waals surface area contributed by atoms with Crippen LogP contribution in [-0.4, -0.2) is 15.3 Å². The Hall–Kier alpha value is -0.720. The van der Waals surface area contributed by atoms with E-state index in [1.807, 2.05) is 18.2 Å². The second-order valence-corrected chi connectivity index (χ2v) is 4.47. The van der Waals surface area contributed by atoms with E-state index in [4.69, 9.17) is 5.84 Å². The zero-order valence-electron chi connectivity index (χ0n) is 7.71. The van der Waals surface area contributed by atoms with Crippen LogP contribution in [-0.2, 0) is 4.79 Å². The first-order valence-electron chi connectivity index (χ1n) is 4.07. The number of rotatable bonds is 4. The summed E-state index contributed by atoms with van der Waals surface area (Å²) >= 11 is 0. The highest BCUT2D eigenvalue weighted by Crippen LogP contribution is 2.30. The summed E-state index contributed by atoms with van der Waals surface area (Å²) in [7, 11) is 2.54. The Balaban J connectivity index is 2.38. The molecule has 0 aromatic carbocycles. The fourth-order valence-electron chi connectivity index (χ4n) is 0.672. The largest absolute Gasteiger partial charge is 0.272 e. The SMILES string of the molecule is CCC(=O)N(N)SSc1ccccn1. The molecule has 0 unspecified atom stereocenters. The molecule has 0 saturated heterocycles. The zero-order chi connectivity index (χ0) is 10.4. The van der Waals surface area contributed by atoms with Gasteiger partial charge in [-0.1, -0.05) is 13.0 Å². The molecule has 0 saturated carbocycles. The number of hydrazine groups is 1. The fraction of sp³-hybridized carbons (Fsp3) is 0.250. The average molecular weight is 229 g/mol. The topological polar surface area (TPSA) is 59.2 Å². The Morgan fingerprint density at radius 1 is 1.64 bits per heavy atom.